The average Bonchev–Trinajstić information content (AvgIpc) is 2.18. The molecule has 2 unspecified atom stereocenters. The van der Waals surface area contributed by atoms with Gasteiger partial charge < -0.3 is 5.32 Å². The number of allylic oxidation sites excluding steroid dienone is 1. The number of nitrogens with one attached hydrogen (secondary N) is 1. The first-order valence-electron chi connectivity index (χ1n) is 5.84. The summed E-state index contributed by atoms with van der Waals surface area (Å²) in [4.78, 5) is 0. The largest absolute Gasteiger partial charge is 0.314 e. The molecule has 0 amide bonds. The standard InChI is InChI=1S/C13H27N/c1-7-11(3)13(4,5)10-9-12(8-2)14-6/h9-12,14H,7-8H2,1-6H3. The summed E-state index contributed by atoms with van der Waals surface area (Å²) in [6.45, 7) is 11.4. The summed E-state index contributed by atoms with van der Waals surface area (Å²) in [5, 5.41) is 3.29. The van der Waals surface area contributed by atoms with Crippen LogP contribution in [0.25, 0.3) is 0 Å². The van der Waals surface area contributed by atoms with Crippen molar-refractivity contribution in [3.8, 4) is 0 Å². The lowest BCUT2D eigenvalue weighted by molar-refractivity contribution is 0.297. The Hall–Kier alpha value is -0.300. The summed E-state index contributed by atoms with van der Waals surface area (Å²) in [5.74, 6) is 0.744. The van der Waals surface area contributed by atoms with E-state index in [4.69, 9.17) is 0 Å². The van der Waals surface area contributed by atoms with Gasteiger partial charge in [0.1, 0.15) is 0 Å². The van der Waals surface area contributed by atoms with Crippen molar-refractivity contribution in [2.75, 3.05) is 7.05 Å². The highest BCUT2D eigenvalue weighted by molar-refractivity contribution is 5.01. The van der Waals surface area contributed by atoms with Crippen molar-refractivity contribution in [1.82, 2.24) is 5.32 Å². The summed E-state index contributed by atoms with van der Waals surface area (Å²) >= 11 is 0. The molecule has 0 bridgehead atoms. The van der Waals surface area contributed by atoms with Crippen molar-refractivity contribution < 1.29 is 0 Å². The molecule has 0 saturated heterocycles. The molecule has 0 radical (unpaired) electrons. The maximum absolute atomic E-state index is 3.29. The third kappa shape index (κ3) is 4.28. The van der Waals surface area contributed by atoms with Gasteiger partial charge in [0.2, 0.25) is 0 Å². The number of likely N-dealkylation sites (N-methyl/N-ethyl adjacent to an activating group) is 1. The van der Waals surface area contributed by atoms with E-state index in [0.29, 0.717) is 11.5 Å². The maximum Gasteiger partial charge on any atom is 0.0244 e. The van der Waals surface area contributed by atoms with E-state index in [1.807, 2.05) is 7.05 Å². The van der Waals surface area contributed by atoms with Crippen molar-refractivity contribution in [1.29, 1.82) is 0 Å². The molecule has 1 nitrogen and oxygen atoms in total. The van der Waals surface area contributed by atoms with Gasteiger partial charge in [-0.1, -0.05) is 53.2 Å². The van der Waals surface area contributed by atoms with Crippen LogP contribution >= 0.6 is 0 Å². The van der Waals surface area contributed by atoms with Gasteiger partial charge in [-0.2, -0.15) is 0 Å². The predicted octanol–water partition coefficient (Wildman–Crippen LogP) is 3.61. The molecule has 0 aromatic heterocycles. The van der Waals surface area contributed by atoms with Gasteiger partial charge in [-0.05, 0) is 24.8 Å². The van der Waals surface area contributed by atoms with Crippen molar-refractivity contribution in [3.05, 3.63) is 12.2 Å². The molecule has 1 N–H and O–H groups in total. The predicted molar refractivity (Wildman–Crippen MR) is 65.5 cm³/mol. The molecular formula is C13H27N. The Morgan fingerprint density at radius 2 is 1.79 bits per heavy atom. The zero-order chi connectivity index (χ0) is 11.2. The Morgan fingerprint density at radius 1 is 1.21 bits per heavy atom. The Morgan fingerprint density at radius 3 is 2.14 bits per heavy atom. The van der Waals surface area contributed by atoms with Crippen molar-refractivity contribution in [3.63, 3.8) is 0 Å². The van der Waals surface area contributed by atoms with E-state index in [0.717, 1.165) is 12.3 Å². The smallest absolute Gasteiger partial charge is 0.0244 e. The van der Waals surface area contributed by atoms with Crippen molar-refractivity contribution in [2.45, 2.75) is 53.5 Å². The van der Waals surface area contributed by atoms with Gasteiger partial charge in [0.15, 0.2) is 0 Å². The topological polar surface area (TPSA) is 12.0 Å². The number of hydrogen-bond acceptors (Lipinski definition) is 1. The molecule has 1 heteroatoms. The minimum absolute atomic E-state index is 0.318. The molecule has 14 heavy (non-hydrogen) atoms. The second kappa shape index (κ2) is 6.23. The fourth-order valence-corrected chi connectivity index (χ4v) is 1.49. The zero-order valence-corrected chi connectivity index (χ0v) is 10.7. The first-order chi connectivity index (χ1) is 6.47. The van der Waals surface area contributed by atoms with Crippen molar-refractivity contribution in [2.24, 2.45) is 11.3 Å². The highest BCUT2D eigenvalue weighted by Gasteiger charge is 2.20. The first-order valence-corrected chi connectivity index (χ1v) is 5.84. The van der Waals surface area contributed by atoms with Crippen LogP contribution in [0.4, 0.5) is 0 Å². The lowest BCUT2D eigenvalue weighted by Crippen LogP contribution is -2.24. The Labute approximate surface area is 90.0 Å². The Bertz CT molecular complexity index is 166. The van der Waals surface area contributed by atoms with Gasteiger partial charge in [0, 0.05) is 6.04 Å². The van der Waals surface area contributed by atoms with Gasteiger partial charge in [-0.3, -0.25) is 0 Å². The lowest BCUT2D eigenvalue weighted by atomic mass is 9.78. The van der Waals surface area contributed by atoms with Gasteiger partial charge in [-0.25, -0.2) is 0 Å². The Balaban J connectivity index is 4.32. The average molecular weight is 197 g/mol. The highest BCUT2D eigenvalue weighted by Crippen LogP contribution is 2.30. The van der Waals surface area contributed by atoms with E-state index in [2.05, 4.69) is 52.1 Å². The molecular weight excluding hydrogens is 170 g/mol. The minimum atomic E-state index is 0.318. The third-order valence-corrected chi connectivity index (χ3v) is 3.45. The molecule has 0 fully saturated rings. The minimum Gasteiger partial charge on any atom is -0.314 e. The van der Waals surface area contributed by atoms with Crippen LogP contribution in [0.1, 0.15) is 47.5 Å². The maximum atomic E-state index is 3.29. The number of rotatable bonds is 6. The van der Waals surface area contributed by atoms with E-state index < -0.39 is 0 Å². The van der Waals surface area contributed by atoms with Crippen LogP contribution in [0.2, 0.25) is 0 Å². The SMILES string of the molecule is CCC(C=CC(C)(C)C(C)CC)NC. The molecule has 0 aromatic rings. The van der Waals surface area contributed by atoms with E-state index in [-0.39, 0.29) is 0 Å². The van der Waals surface area contributed by atoms with E-state index in [9.17, 15) is 0 Å². The summed E-state index contributed by atoms with van der Waals surface area (Å²) in [6, 6.07) is 0.526. The highest BCUT2D eigenvalue weighted by atomic mass is 14.8. The molecule has 0 aliphatic carbocycles. The molecule has 0 heterocycles. The summed E-state index contributed by atoms with van der Waals surface area (Å²) in [6.07, 6.45) is 7.08. The van der Waals surface area contributed by atoms with Crippen LogP contribution in [0, 0.1) is 11.3 Å². The molecule has 0 saturated carbocycles. The van der Waals surface area contributed by atoms with Gasteiger partial charge in [0.05, 0.1) is 0 Å². The summed E-state index contributed by atoms with van der Waals surface area (Å²) in [5.41, 5.74) is 0.318. The van der Waals surface area contributed by atoms with Crippen LogP contribution in [-0.4, -0.2) is 13.1 Å². The molecule has 0 aliphatic heterocycles. The van der Waals surface area contributed by atoms with Gasteiger partial charge in [0.25, 0.3) is 0 Å². The van der Waals surface area contributed by atoms with Crippen LogP contribution in [0.15, 0.2) is 12.2 Å². The zero-order valence-electron chi connectivity index (χ0n) is 10.7. The number of hydrogen-bond donors (Lipinski definition) is 1. The summed E-state index contributed by atoms with van der Waals surface area (Å²) in [7, 11) is 2.02. The van der Waals surface area contributed by atoms with Crippen molar-refractivity contribution >= 4 is 0 Å². The molecule has 0 spiro atoms. The molecule has 84 valence electrons. The second-order valence-corrected chi connectivity index (χ2v) is 4.79. The normalized spacial score (nSPS) is 17.3. The fourth-order valence-electron chi connectivity index (χ4n) is 1.49. The van der Waals surface area contributed by atoms with E-state index in [1.54, 1.807) is 0 Å². The quantitative estimate of drug-likeness (QED) is 0.641. The van der Waals surface area contributed by atoms with Gasteiger partial charge in [-0.15, -0.1) is 0 Å². The van der Waals surface area contributed by atoms with E-state index in [1.165, 1.54) is 6.42 Å². The molecule has 0 aliphatic rings. The van der Waals surface area contributed by atoms with E-state index >= 15 is 0 Å². The lowest BCUT2D eigenvalue weighted by Gasteiger charge is -2.28. The second-order valence-electron chi connectivity index (χ2n) is 4.79. The summed E-state index contributed by atoms with van der Waals surface area (Å²) < 4.78 is 0. The van der Waals surface area contributed by atoms with Gasteiger partial charge >= 0.3 is 0 Å². The molecule has 0 rings (SSSR count). The van der Waals surface area contributed by atoms with Crippen LogP contribution in [0.3, 0.4) is 0 Å². The fraction of sp³-hybridized carbons (Fsp3) is 0.846. The molecule has 0 aromatic carbocycles. The van der Waals surface area contributed by atoms with Crippen LogP contribution in [0.5, 0.6) is 0 Å². The van der Waals surface area contributed by atoms with Crippen LogP contribution in [-0.2, 0) is 0 Å². The first kappa shape index (κ1) is 13.7. The monoisotopic (exact) mass is 197 g/mol. The van der Waals surface area contributed by atoms with Crippen LogP contribution < -0.4 is 5.32 Å². The Kier molecular flexibility index (Phi) is 6.10. The third-order valence-electron chi connectivity index (χ3n) is 3.45. The molecule has 2 atom stereocenters.